The molecule has 0 radical (unpaired) electrons. The molecule has 2 N–H and O–H groups in total. The van der Waals surface area contributed by atoms with Crippen LogP contribution < -0.4 is 0 Å². The van der Waals surface area contributed by atoms with Crippen molar-refractivity contribution in [2.45, 2.75) is 97.2 Å². The molecular weight excluding hydrogens is 356 g/mol. The van der Waals surface area contributed by atoms with Crippen LogP contribution in [0.1, 0.15) is 73.6 Å². The average molecular weight is 393 g/mol. The smallest absolute Gasteiger partial charge is 0.309 e. The van der Waals surface area contributed by atoms with Crippen molar-refractivity contribution in [1.29, 1.82) is 0 Å². The highest BCUT2D eigenvalue weighted by atomic mass is 16.8. The van der Waals surface area contributed by atoms with E-state index in [4.69, 9.17) is 9.47 Å². The zero-order chi connectivity index (χ0) is 20.7. The van der Waals surface area contributed by atoms with Crippen LogP contribution in [0.5, 0.6) is 0 Å². The van der Waals surface area contributed by atoms with Gasteiger partial charge in [0.1, 0.15) is 5.60 Å². The normalized spacial score (nSPS) is 49.8. The number of hydrogen-bond acceptors (Lipinski definition) is 4. The predicted molar refractivity (Wildman–Crippen MR) is 106 cm³/mol. The van der Waals surface area contributed by atoms with Crippen LogP contribution in [0.15, 0.2) is 11.6 Å². The van der Waals surface area contributed by atoms with E-state index >= 15 is 0 Å². The summed E-state index contributed by atoms with van der Waals surface area (Å²) in [5.41, 5.74) is -0.391. The van der Waals surface area contributed by atoms with E-state index in [9.17, 15) is 15.0 Å². The molecule has 0 aromatic carbocycles. The number of carboxylic acid groups (broad SMARTS) is 1. The van der Waals surface area contributed by atoms with Gasteiger partial charge >= 0.3 is 5.97 Å². The molecule has 1 heterocycles. The summed E-state index contributed by atoms with van der Waals surface area (Å²) in [4.78, 5) is 12.2. The molecule has 3 aliphatic carbocycles. The van der Waals surface area contributed by atoms with E-state index in [1.54, 1.807) is 0 Å². The van der Waals surface area contributed by atoms with E-state index < -0.39 is 28.9 Å². The summed E-state index contributed by atoms with van der Waals surface area (Å²) in [5, 5.41) is 21.2. The van der Waals surface area contributed by atoms with Gasteiger partial charge in [0.25, 0.3) is 0 Å². The first-order chi connectivity index (χ1) is 12.9. The fourth-order valence-electron chi connectivity index (χ4n) is 7.13. The van der Waals surface area contributed by atoms with Gasteiger partial charge in [-0.3, -0.25) is 4.79 Å². The largest absolute Gasteiger partial charge is 0.481 e. The van der Waals surface area contributed by atoms with E-state index in [0.717, 1.165) is 24.8 Å². The maximum atomic E-state index is 12.2. The summed E-state index contributed by atoms with van der Waals surface area (Å²) in [6, 6.07) is 0. The minimum Gasteiger partial charge on any atom is -0.481 e. The minimum atomic E-state index is -0.779. The SMILES string of the molecule is CC(C)C12C=C3C(O)CC4C(C)(C(=O)O)CCCC4(C)C3CC1OC(C)(C)O2. The number of aliphatic hydroxyl groups excluding tert-OH is 1. The van der Waals surface area contributed by atoms with Gasteiger partial charge in [-0.25, -0.2) is 0 Å². The Kier molecular flexibility index (Phi) is 4.40. The summed E-state index contributed by atoms with van der Waals surface area (Å²) in [6.07, 6.45) is 5.40. The third-order valence-corrected chi connectivity index (χ3v) is 8.60. The Labute approximate surface area is 168 Å². The monoisotopic (exact) mass is 392 g/mol. The van der Waals surface area contributed by atoms with Gasteiger partial charge in [-0.05, 0) is 81.3 Å². The number of carbonyl (C=O) groups is 1. The molecule has 0 aromatic heterocycles. The van der Waals surface area contributed by atoms with E-state index in [0.29, 0.717) is 12.8 Å². The van der Waals surface area contributed by atoms with Crippen molar-refractivity contribution in [2.24, 2.45) is 28.6 Å². The van der Waals surface area contributed by atoms with Gasteiger partial charge in [-0.1, -0.05) is 27.2 Å². The number of aliphatic hydroxyl groups is 1. The van der Waals surface area contributed by atoms with Gasteiger partial charge in [-0.2, -0.15) is 0 Å². The molecule has 5 heteroatoms. The van der Waals surface area contributed by atoms with Crippen molar-refractivity contribution in [3.05, 3.63) is 11.6 Å². The third kappa shape index (κ3) is 2.58. The van der Waals surface area contributed by atoms with Crippen LogP contribution >= 0.6 is 0 Å². The molecule has 3 fully saturated rings. The lowest BCUT2D eigenvalue weighted by molar-refractivity contribution is -0.169. The summed E-state index contributed by atoms with van der Waals surface area (Å²) in [7, 11) is 0. The van der Waals surface area contributed by atoms with Crippen LogP contribution in [0.4, 0.5) is 0 Å². The first kappa shape index (κ1) is 20.4. The van der Waals surface area contributed by atoms with Crippen LogP contribution in [0, 0.1) is 28.6 Å². The Morgan fingerprint density at radius 1 is 1.18 bits per heavy atom. The maximum Gasteiger partial charge on any atom is 0.309 e. The Morgan fingerprint density at radius 3 is 2.46 bits per heavy atom. The summed E-state index contributed by atoms with van der Waals surface area (Å²) < 4.78 is 12.8. The van der Waals surface area contributed by atoms with Crippen molar-refractivity contribution in [2.75, 3.05) is 0 Å². The van der Waals surface area contributed by atoms with E-state index in [1.165, 1.54) is 0 Å². The Bertz CT molecular complexity index is 712. The molecule has 28 heavy (non-hydrogen) atoms. The highest BCUT2D eigenvalue weighted by molar-refractivity contribution is 5.75. The minimum absolute atomic E-state index is 0.0368. The number of hydrogen-bond donors (Lipinski definition) is 2. The van der Waals surface area contributed by atoms with E-state index in [-0.39, 0.29) is 29.3 Å². The summed E-state index contributed by atoms with van der Waals surface area (Å²) >= 11 is 0. The van der Waals surface area contributed by atoms with Crippen molar-refractivity contribution >= 4 is 5.97 Å². The van der Waals surface area contributed by atoms with Gasteiger partial charge in [0, 0.05) is 0 Å². The molecule has 4 aliphatic rings. The maximum absolute atomic E-state index is 12.2. The van der Waals surface area contributed by atoms with Crippen molar-refractivity contribution in [3.63, 3.8) is 0 Å². The molecule has 7 atom stereocenters. The number of ether oxygens (including phenoxy) is 2. The molecule has 7 unspecified atom stereocenters. The molecule has 2 saturated carbocycles. The predicted octanol–water partition coefficient (Wildman–Crippen LogP) is 4.14. The number of fused-ring (bicyclic) bond motifs is 4. The van der Waals surface area contributed by atoms with Gasteiger partial charge in [0.15, 0.2) is 5.79 Å². The highest BCUT2D eigenvalue weighted by Crippen LogP contribution is 2.65. The van der Waals surface area contributed by atoms with Crippen LogP contribution in [0.2, 0.25) is 0 Å². The second kappa shape index (κ2) is 6.05. The van der Waals surface area contributed by atoms with Gasteiger partial charge in [0.05, 0.1) is 17.6 Å². The van der Waals surface area contributed by atoms with E-state index in [1.807, 2.05) is 20.8 Å². The van der Waals surface area contributed by atoms with Crippen LogP contribution in [-0.2, 0) is 14.3 Å². The molecule has 1 aliphatic heterocycles. The van der Waals surface area contributed by atoms with Crippen LogP contribution in [0.25, 0.3) is 0 Å². The van der Waals surface area contributed by atoms with Gasteiger partial charge < -0.3 is 19.7 Å². The number of aliphatic carboxylic acids is 1. The van der Waals surface area contributed by atoms with Crippen molar-refractivity contribution in [1.82, 2.24) is 0 Å². The molecule has 0 spiro atoms. The molecule has 5 nitrogen and oxygen atoms in total. The second-order valence-corrected chi connectivity index (χ2v) is 10.9. The number of carboxylic acids is 1. The lowest BCUT2D eigenvalue weighted by Crippen LogP contribution is -2.59. The first-order valence-corrected chi connectivity index (χ1v) is 10.9. The lowest BCUT2D eigenvalue weighted by atomic mass is 9.44. The summed E-state index contributed by atoms with van der Waals surface area (Å²) in [5.74, 6) is -1.06. The molecule has 4 rings (SSSR count). The van der Waals surface area contributed by atoms with Crippen LogP contribution in [0.3, 0.4) is 0 Å². The third-order valence-electron chi connectivity index (χ3n) is 8.60. The highest BCUT2D eigenvalue weighted by Gasteiger charge is 2.64. The molecule has 0 amide bonds. The fourth-order valence-corrected chi connectivity index (χ4v) is 7.13. The Hall–Kier alpha value is -0.910. The molecule has 0 bridgehead atoms. The number of rotatable bonds is 2. The topological polar surface area (TPSA) is 76.0 Å². The van der Waals surface area contributed by atoms with Gasteiger partial charge in [0.2, 0.25) is 0 Å². The standard InChI is InChI=1S/C23H36O5/c1-13(2)23-12-14-15(10-18(23)27-20(3,4)28-23)21(5)8-7-9-22(6,19(25)26)17(21)11-16(14)24/h12-13,15-18,24H,7-11H2,1-6H3,(H,25,26). The lowest BCUT2D eigenvalue weighted by Gasteiger charge is -2.60. The zero-order valence-electron chi connectivity index (χ0n) is 18.1. The molecular formula is C23H36O5. The fraction of sp³-hybridized carbons (Fsp3) is 0.870. The molecule has 158 valence electrons. The zero-order valence-corrected chi connectivity index (χ0v) is 18.1. The summed E-state index contributed by atoms with van der Waals surface area (Å²) in [6.45, 7) is 12.4. The first-order valence-electron chi connectivity index (χ1n) is 10.9. The Balaban J connectivity index is 1.80. The second-order valence-electron chi connectivity index (χ2n) is 10.9. The van der Waals surface area contributed by atoms with Crippen molar-refractivity contribution < 1.29 is 24.5 Å². The van der Waals surface area contributed by atoms with Crippen molar-refractivity contribution in [3.8, 4) is 0 Å². The van der Waals surface area contributed by atoms with Crippen LogP contribution in [-0.4, -0.2) is 39.8 Å². The quantitative estimate of drug-likeness (QED) is 0.691. The van der Waals surface area contributed by atoms with E-state index in [2.05, 4.69) is 26.8 Å². The Morgan fingerprint density at radius 2 is 1.86 bits per heavy atom. The average Bonchev–Trinajstić information content (AvgIpc) is 2.86. The molecule has 0 aromatic rings. The molecule has 1 saturated heterocycles. The van der Waals surface area contributed by atoms with Gasteiger partial charge in [-0.15, -0.1) is 0 Å².